The summed E-state index contributed by atoms with van der Waals surface area (Å²) in [6, 6.07) is 0. The molecule has 4 nitrogen and oxygen atoms in total. The van der Waals surface area contributed by atoms with Crippen LogP contribution in [-0.4, -0.2) is 28.0 Å². The van der Waals surface area contributed by atoms with E-state index in [0.29, 0.717) is 0 Å². The highest BCUT2D eigenvalue weighted by Crippen LogP contribution is 2.35. The monoisotopic (exact) mass is 246 g/mol. The van der Waals surface area contributed by atoms with Crippen LogP contribution >= 0.6 is 34.8 Å². The molecule has 0 aliphatic carbocycles. The first-order valence-electron chi connectivity index (χ1n) is 3.85. The lowest BCUT2D eigenvalue weighted by Gasteiger charge is -2.28. The lowest BCUT2D eigenvalue weighted by atomic mass is 10.4. The Morgan fingerprint density at radius 1 is 1.31 bits per heavy atom. The highest BCUT2D eigenvalue weighted by atomic mass is 35.6. The number of halogens is 3. The van der Waals surface area contributed by atoms with Crippen molar-refractivity contribution in [1.29, 1.82) is 0 Å². The third-order valence-corrected chi connectivity index (χ3v) is 2.46. The predicted molar refractivity (Wildman–Crippen MR) is 51.8 cm³/mol. The first-order valence-corrected chi connectivity index (χ1v) is 4.98. The third kappa shape index (κ3) is 3.13. The number of hydrogen-bond acceptors (Lipinski definition) is 4. The zero-order valence-corrected chi connectivity index (χ0v) is 9.02. The molecule has 1 atom stereocenters. The molecule has 76 valence electrons. The molecule has 1 unspecified atom stereocenters. The molecule has 0 aromatic heterocycles. The Bertz CT molecular complexity index is 179. The minimum atomic E-state index is -1.64. The van der Waals surface area contributed by atoms with Crippen LogP contribution in [0.1, 0.15) is 12.8 Å². The van der Waals surface area contributed by atoms with Crippen LogP contribution in [0.25, 0.3) is 0 Å². The second-order valence-electron chi connectivity index (χ2n) is 2.82. The van der Waals surface area contributed by atoms with Crippen molar-refractivity contribution in [3.8, 4) is 0 Å². The van der Waals surface area contributed by atoms with Crippen LogP contribution in [-0.2, 0) is 4.84 Å². The predicted octanol–water partition coefficient (Wildman–Crippen LogP) is 2.48. The van der Waals surface area contributed by atoms with Gasteiger partial charge in [-0.2, -0.15) is 0 Å². The zero-order chi connectivity index (χ0) is 9.90. The van der Waals surface area contributed by atoms with Gasteiger partial charge < -0.3 is 4.84 Å². The molecule has 1 aliphatic rings. The van der Waals surface area contributed by atoms with Gasteiger partial charge in [0.1, 0.15) is 0 Å². The van der Waals surface area contributed by atoms with Crippen LogP contribution in [0.5, 0.6) is 0 Å². The number of likely N-dealkylation sites (tertiary alicyclic amines) is 1. The Hall–Kier alpha value is 0.230. The van der Waals surface area contributed by atoms with E-state index in [-0.39, 0.29) is 0 Å². The van der Waals surface area contributed by atoms with Crippen molar-refractivity contribution in [2.45, 2.75) is 22.9 Å². The summed E-state index contributed by atoms with van der Waals surface area (Å²) in [5.41, 5.74) is 0. The molecule has 1 rings (SSSR count). The average molecular weight is 248 g/mol. The van der Waals surface area contributed by atoms with Crippen LogP contribution in [0.15, 0.2) is 5.34 Å². The fourth-order valence-electron chi connectivity index (χ4n) is 1.35. The summed E-state index contributed by atoms with van der Waals surface area (Å²) in [4.78, 5) is 16.2. The van der Waals surface area contributed by atoms with Crippen molar-refractivity contribution in [1.82, 2.24) is 4.90 Å². The molecular formula is C6H9Cl3N2O2. The minimum Gasteiger partial charge on any atom is -0.340 e. The highest BCUT2D eigenvalue weighted by molar-refractivity contribution is 6.68. The number of nitrogens with zero attached hydrogens (tertiary/aromatic N) is 2. The van der Waals surface area contributed by atoms with E-state index in [0.717, 1.165) is 25.9 Å². The lowest BCUT2D eigenvalue weighted by Crippen LogP contribution is -2.43. The summed E-state index contributed by atoms with van der Waals surface area (Å²) in [7, 11) is 0. The standard InChI is InChI=1S/C6H9Cl3N2O2/c7-6(8,9)5(13-10-12)11-3-1-2-4-11/h5H,1-4H2. The number of alkyl halides is 3. The normalized spacial score (nSPS) is 21.5. The van der Waals surface area contributed by atoms with Gasteiger partial charge in [0, 0.05) is 13.1 Å². The molecule has 0 bridgehead atoms. The van der Waals surface area contributed by atoms with Crippen molar-refractivity contribution in [3.63, 3.8) is 0 Å². The second kappa shape index (κ2) is 4.64. The van der Waals surface area contributed by atoms with Crippen molar-refractivity contribution < 1.29 is 4.84 Å². The maximum atomic E-state index is 9.94. The summed E-state index contributed by atoms with van der Waals surface area (Å²) < 4.78 is -1.64. The molecule has 0 aromatic carbocycles. The van der Waals surface area contributed by atoms with E-state index in [4.69, 9.17) is 34.8 Å². The fourth-order valence-corrected chi connectivity index (χ4v) is 1.88. The second-order valence-corrected chi connectivity index (χ2v) is 5.19. The molecule has 0 aromatic rings. The Morgan fingerprint density at radius 3 is 2.23 bits per heavy atom. The molecular weight excluding hydrogens is 238 g/mol. The molecule has 1 fully saturated rings. The van der Waals surface area contributed by atoms with Gasteiger partial charge in [0.2, 0.25) is 10.0 Å². The van der Waals surface area contributed by atoms with Crippen LogP contribution in [0.2, 0.25) is 0 Å². The number of rotatable bonds is 3. The van der Waals surface area contributed by atoms with E-state index in [1.807, 2.05) is 0 Å². The fraction of sp³-hybridized carbons (Fsp3) is 1.00. The Kier molecular flexibility index (Phi) is 4.04. The summed E-state index contributed by atoms with van der Waals surface area (Å²) in [6.07, 6.45) is 1.15. The SMILES string of the molecule is O=NOC(N1CCCC1)C(Cl)(Cl)Cl. The summed E-state index contributed by atoms with van der Waals surface area (Å²) >= 11 is 16.9. The van der Waals surface area contributed by atoms with Gasteiger partial charge in [-0.1, -0.05) is 34.8 Å². The molecule has 0 spiro atoms. The molecule has 13 heavy (non-hydrogen) atoms. The minimum absolute atomic E-state index is 0.758. The van der Waals surface area contributed by atoms with Gasteiger partial charge in [0.15, 0.2) is 5.34 Å². The van der Waals surface area contributed by atoms with Gasteiger partial charge >= 0.3 is 0 Å². The quantitative estimate of drug-likeness (QED) is 0.437. The molecule has 0 radical (unpaired) electrons. The van der Waals surface area contributed by atoms with E-state index in [9.17, 15) is 4.91 Å². The number of hydrogen-bond donors (Lipinski definition) is 0. The van der Waals surface area contributed by atoms with Gasteiger partial charge in [0.25, 0.3) is 0 Å². The largest absolute Gasteiger partial charge is 0.340 e. The lowest BCUT2D eigenvalue weighted by molar-refractivity contribution is -0.0464. The third-order valence-electron chi connectivity index (χ3n) is 1.90. The van der Waals surface area contributed by atoms with Crippen LogP contribution in [0.4, 0.5) is 0 Å². The smallest absolute Gasteiger partial charge is 0.243 e. The Labute approximate surface area is 91.0 Å². The molecule has 1 aliphatic heterocycles. The first kappa shape index (κ1) is 11.3. The summed E-state index contributed by atoms with van der Waals surface area (Å²) in [5, 5.41) is 2.30. The topological polar surface area (TPSA) is 41.9 Å². The summed E-state index contributed by atoms with van der Waals surface area (Å²) in [6.45, 7) is 1.52. The van der Waals surface area contributed by atoms with Crippen molar-refractivity contribution >= 4 is 34.8 Å². The van der Waals surface area contributed by atoms with E-state index >= 15 is 0 Å². The van der Waals surface area contributed by atoms with Crippen LogP contribution < -0.4 is 0 Å². The van der Waals surface area contributed by atoms with Gasteiger partial charge in [0.05, 0.1) is 0 Å². The Balaban J connectivity index is 2.60. The first-order chi connectivity index (χ1) is 6.05. The van der Waals surface area contributed by atoms with E-state index < -0.39 is 10.0 Å². The maximum Gasteiger partial charge on any atom is 0.243 e. The van der Waals surface area contributed by atoms with Crippen molar-refractivity contribution in [3.05, 3.63) is 4.91 Å². The van der Waals surface area contributed by atoms with E-state index in [1.54, 1.807) is 4.90 Å². The van der Waals surface area contributed by atoms with Crippen LogP contribution in [0, 0.1) is 4.91 Å². The summed E-state index contributed by atoms with van der Waals surface area (Å²) in [5.74, 6) is 0. The molecule has 0 saturated carbocycles. The molecule has 0 N–H and O–H groups in total. The molecule has 1 saturated heterocycles. The highest BCUT2D eigenvalue weighted by Gasteiger charge is 2.41. The molecule has 0 amide bonds. The van der Waals surface area contributed by atoms with E-state index in [2.05, 4.69) is 10.2 Å². The van der Waals surface area contributed by atoms with Gasteiger partial charge in [-0.25, -0.2) is 0 Å². The van der Waals surface area contributed by atoms with Gasteiger partial charge in [-0.15, -0.1) is 4.91 Å². The molecule has 1 heterocycles. The van der Waals surface area contributed by atoms with Crippen molar-refractivity contribution in [2.75, 3.05) is 13.1 Å². The maximum absolute atomic E-state index is 9.94. The van der Waals surface area contributed by atoms with Crippen LogP contribution in [0.3, 0.4) is 0 Å². The average Bonchev–Trinajstić information content (AvgIpc) is 2.49. The Morgan fingerprint density at radius 2 is 1.85 bits per heavy atom. The van der Waals surface area contributed by atoms with E-state index in [1.165, 1.54) is 0 Å². The van der Waals surface area contributed by atoms with Gasteiger partial charge in [-0.05, 0) is 12.8 Å². The van der Waals surface area contributed by atoms with Crippen molar-refractivity contribution in [2.24, 2.45) is 5.34 Å². The zero-order valence-electron chi connectivity index (χ0n) is 6.75. The molecule has 7 heteroatoms. The van der Waals surface area contributed by atoms with Gasteiger partial charge in [-0.3, -0.25) is 4.90 Å².